The van der Waals surface area contributed by atoms with E-state index in [1.807, 2.05) is 0 Å². The van der Waals surface area contributed by atoms with Gasteiger partial charge in [0.15, 0.2) is 12.3 Å². The molecule has 0 radical (unpaired) electrons. The van der Waals surface area contributed by atoms with Crippen molar-refractivity contribution in [3.8, 4) is 5.88 Å². The van der Waals surface area contributed by atoms with Crippen LogP contribution in [-0.4, -0.2) is 48.1 Å². The first-order valence-corrected chi connectivity index (χ1v) is 8.55. The third kappa shape index (κ3) is 5.78. The van der Waals surface area contributed by atoms with Crippen molar-refractivity contribution in [3.05, 3.63) is 47.7 Å². The minimum Gasteiger partial charge on any atom is -0.456 e. The quantitative estimate of drug-likeness (QED) is 0.379. The van der Waals surface area contributed by atoms with Crippen molar-refractivity contribution in [1.82, 2.24) is 9.97 Å². The average Bonchev–Trinajstić information content (AvgIpc) is 2.73. The van der Waals surface area contributed by atoms with Gasteiger partial charge >= 0.3 is 0 Å². The zero-order valence-corrected chi connectivity index (χ0v) is 16.0. The molecule has 1 aromatic carbocycles. The summed E-state index contributed by atoms with van der Waals surface area (Å²) in [4.78, 5) is 23.1. The Morgan fingerprint density at radius 3 is 2.60 bits per heavy atom. The smallest absolute Gasteiger partial charge is 0.282 e. The zero-order valence-electron chi connectivity index (χ0n) is 16.0. The molecule has 1 amide bonds. The van der Waals surface area contributed by atoms with Crippen LogP contribution >= 0.6 is 0 Å². The molecule has 0 bridgehead atoms. The molecule has 0 saturated heterocycles. The van der Waals surface area contributed by atoms with Crippen molar-refractivity contribution in [3.63, 3.8) is 0 Å². The summed E-state index contributed by atoms with van der Waals surface area (Å²) in [5.74, 6) is -1.86. The zero-order chi connectivity index (χ0) is 22.3. The summed E-state index contributed by atoms with van der Waals surface area (Å²) >= 11 is 0. The van der Waals surface area contributed by atoms with Crippen LogP contribution in [0.5, 0.6) is 5.88 Å². The van der Waals surface area contributed by atoms with E-state index < -0.39 is 48.6 Å². The highest BCUT2D eigenvalue weighted by Gasteiger charge is 2.33. The van der Waals surface area contributed by atoms with Crippen LogP contribution in [0.2, 0.25) is 0 Å². The van der Waals surface area contributed by atoms with Gasteiger partial charge < -0.3 is 20.5 Å². The van der Waals surface area contributed by atoms with Gasteiger partial charge in [0, 0.05) is 18.3 Å². The summed E-state index contributed by atoms with van der Waals surface area (Å²) in [5.41, 5.74) is 4.65. The third-order valence-electron chi connectivity index (χ3n) is 3.83. The van der Waals surface area contributed by atoms with Gasteiger partial charge in [-0.1, -0.05) is 0 Å². The predicted octanol–water partition coefficient (Wildman–Crippen LogP) is 2.87. The summed E-state index contributed by atoms with van der Waals surface area (Å²) in [6, 6.07) is 2.60. The number of nitrogens with two attached hydrogens (primary N) is 1. The molecule has 0 saturated carbocycles. The first-order chi connectivity index (χ1) is 14.3. The Labute approximate surface area is 169 Å². The van der Waals surface area contributed by atoms with Gasteiger partial charge in [0.25, 0.3) is 11.9 Å². The molecule has 0 aliphatic heterocycles. The molecule has 162 valence electrons. The van der Waals surface area contributed by atoms with Crippen molar-refractivity contribution < 1.29 is 31.8 Å². The van der Waals surface area contributed by atoms with Crippen molar-refractivity contribution in [2.45, 2.75) is 25.4 Å². The number of benzene rings is 1. The van der Waals surface area contributed by atoms with Crippen molar-refractivity contribution >= 4 is 17.6 Å². The molecule has 0 fully saturated rings. The van der Waals surface area contributed by atoms with Gasteiger partial charge in [-0.3, -0.25) is 4.79 Å². The number of hydrogen-bond acceptors (Lipinski definition) is 6. The molecule has 1 heterocycles. The van der Waals surface area contributed by atoms with Crippen LogP contribution in [-0.2, 0) is 4.74 Å². The lowest BCUT2D eigenvalue weighted by atomic mass is 10.0. The SMILES string of the molecule is CN=C(N)O[C@H]([C@H](C)F)[C@H](F)c1cc(NC(=O)c2cnc(OCF)cn2)ccc1F. The van der Waals surface area contributed by atoms with Gasteiger partial charge in [0.05, 0.1) is 12.4 Å². The number of amides is 1. The molecule has 0 unspecified atom stereocenters. The number of ether oxygens (including phenoxy) is 2. The van der Waals surface area contributed by atoms with Crippen LogP contribution in [0.1, 0.15) is 29.1 Å². The summed E-state index contributed by atoms with van der Waals surface area (Å²) in [6.45, 7) is -0.0837. The molecule has 2 rings (SSSR count). The molecule has 8 nitrogen and oxygen atoms in total. The number of carbonyl (C=O) groups is 1. The Kier molecular flexibility index (Phi) is 7.90. The molecule has 2 aromatic rings. The van der Waals surface area contributed by atoms with E-state index in [1.165, 1.54) is 13.1 Å². The third-order valence-corrected chi connectivity index (χ3v) is 3.83. The van der Waals surface area contributed by atoms with Crippen molar-refractivity contribution in [2.24, 2.45) is 10.7 Å². The van der Waals surface area contributed by atoms with E-state index in [2.05, 4.69) is 25.0 Å². The van der Waals surface area contributed by atoms with E-state index in [-0.39, 0.29) is 17.3 Å². The highest BCUT2D eigenvalue weighted by Crippen LogP contribution is 2.31. The summed E-state index contributed by atoms with van der Waals surface area (Å²) in [7, 11) is 1.26. The van der Waals surface area contributed by atoms with E-state index in [9.17, 15) is 22.4 Å². The highest BCUT2D eigenvalue weighted by molar-refractivity contribution is 6.02. The predicted molar refractivity (Wildman–Crippen MR) is 99.8 cm³/mol. The number of halogens is 4. The fraction of sp³-hybridized carbons (Fsp3) is 0.333. The number of rotatable bonds is 8. The van der Waals surface area contributed by atoms with Gasteiger partial charge in [0.2, 0.25) is 12.7 Å². The van der Waals surface area contributed by atoms with Crippen LogP contribution in [0, 0.1) is 5.82 Å². The van der Waals surface area contributed by atoms with E-state index in [1.54, 1.807) is 0 Å². The maximum Gasteiger partial charge on any atom is 0.282 e. The molecular weight excluding hydrogens is 410 g/mol. The second kappa shape index (κ2) is 10.4. The number of hydrogen-bond donors (Lipinski definition) is 2. The largest absolute Gasteiger partial charge is 0.456 e. The van der Waals surface area contributed by atoms with E-state index >= 15 is 0 Å². The van der Waals surface area contributed by atoms with Gasteiger partial charge in [-0.15, -0.1) is 0 Å². The standard InChI is InChI=1S/C18H19F4N5O3/c1-9(20)16(30-18(23)24-2)15(22)11-5-10(3-4-12(11)21)27-17(28)13-6-26-14(7-25-13)29-8-19/h3-7,9,15-16H,8H2,1-2H3,(H2,23,24)(H,27,28)/t9-,15+,16+/m0/s1. The fourth-order valence-electron chi connectivity index (χ4n) is 2.35. The average molecular weight is 429 g/mol. The molecule has 3 atom stereocenters. The maximum atomic E-state index is 14.9. The number of carbonyl (C=O) groups excluding carboxylic acids is 1. The van der Waals surface area contributed by atoms with Crippen molar-refractivity contribution in [1.29, 1.82) is 0 Å². The minimum atomic E-state index is -2.25. The molecule has 0 aliphatic carbocycles. The lowest BCUT2D eigenvalue weighted by molar-refractivity contribution is 0.0257. The first-order valence-electron chi connectivity index (χ1n) is 8.55. The second-order valence-electron chi connectivity index (χ2n) is 5.91. The molecule has 3 N–H and O–H groups in total. The van der Waals surface area contributed by atoms with Gasteiger partial charge in [-0.25, -0.2) is 32.5 Å². The summed E-state index contributed by atoms with van der Waals surface area (Å²) in [5, 5.41) is 2.38. The lowest BCUT2D eigenvalue weighted by Gasteiger charge is -2.24. The normalized spacial score (nSPS) is 14.5. The van der Waals surface area contributed by atoms with Crippen molar-refractivity contribution in [2.75, 3.05) is 19.2 Å². The molecule has 1 aromatic heterocycles. The number of anilines is 1. The molecule has 12 heteroatoms. The Morgan fingerprint density at radius 1 is 1.30 bits per heavy atom. The topological polar surface area (TPSA) is 112 Å². The number of amidine groups is 1. The van der Waals surface area contributed by atoms with E-state index in [0.717, 1.165) is 31.5 Å². The number of aliphatic imine (C=N–C) groups is 1. The number of aromatic nitrogens is 2. The minimum absolute atomic E-state index is 0.00678. The molecule has 30 heavy (non-hydrogen) atoms. The lowest BCUT2D eigenvalue weighted by Crippen LogP contribution is -2.34. The van der Waals surface area contributed by atoms with Crippen LogP contribution in [0.3, 0.4) is 0 Å². The Balaban J connectivity index is 2.21. The van der Waals surface area contributed by atoms with Gasteiger partial charge in [-0.05, 0) is 25.1 Å². The van der Waals surface area contributed by atoms with E-state index in [0.29, 0.717) is 0 Å². The summed E-state index contributed by atoms with van der Waals surface area (Å²) < 4.78 is 64.4. The molecule has 0 aliphatic rings. The van der Waals surface area contributed by atoms with Crippen LogP contribution in [0.4, 0.5) is 23.2 Å². The van der Waals surface area contributed by atoms with Crippen LogP contribution in [0.25, 0.3) is 0 Å². The monoisotopic (exact) mass is 429 g/mol. The summed E-state index contributed by atoms with van der Waals surface area (Å²) in [6.07, 6.45) is -3.79. The highest BCUT2D eigenvalue weighted by atomic mass is 19.2. The molecular formula is C18H19F4N5O3. The number of nitrogens with one attached hydrogen (secondary N) is 1. The number of alkyl halides is 3. The number of nitrogens with zero attached hydrogens (tertiary/aromatic N) is 3. The molecule has 0 spiro atoms. The van der Waals surface area contributed by atoms with E-state index in [4.69, 9.17) is 10.5 Å². The Hall–Kier alpha value is -3.44. The second-order valence-corrected chi connectivity index (χ2v) is 5.91. The first kappa shape index (κ1) is 22.8. The van der Waals surface area contributed by atoms with Gasteiger partial charge in [-0.2, -0.15) is 0 Å². The van der Waals surface area contributed by atoms with Crippen LogP contribution in [0.15, 0.2) is 35.6 Å². The fourth-order valence-corrected chi connectivity index (χ4v) is 2.35. The van der Waals surface area contributed by atoms with Crippen LogP contribution < -0.4 is 15.8 Å². The van der Waals surface area contributed by atoms with Gasteiger partial charge in [0.1, 0.15) is 17.7 Å². The Bertz CT molecular complexity index is 896. The Morgan fingerprint density at radius 2 is 2.03 bits per heavy atom. The maximum absolute atomic E-state index is 14.9.